The molecule has 4 heteroatoms. The molecule has 1 aliphatic heterocycles. The Morgan fingerprint density at radius 1 is 0.800 bits per heavy atom. The summed E-state index contributed by atoms with van der Waals surface area (Å²) in [4.78, 5) is 4.45. The van der Waals surface area contributed by atoms with Gasteiger partial charge >= 0.3 is 0 Å². The van der Waals surface area contributed by atoms with Gasteiger partial charge in [0.05, 0.1) is 5.69 Å². The summed E-state index contributed by atoms with van der Waals surface area (Å²) < 4.78 is 14.9. The molecule has 0 aliphatic carbocycles. The number of benzene rings is 2. The van der Waals surface area contributed by atoms with E-state index in [2.05, 4.69) is 50.0 Å². The van der Waals surface area contributed by atoms with Crippen molar-refractivity contribution in [2.75, 3.05) is 36.0 Å². The summed E-state index contributed by atoms with van der Waals surface area (Å²) >= 11 is 3.45. The maximum Gasteiger partial charge on any atom is 0.146 e. The number of nitrogens with zero attached hydrogens (tertiary/aromatic N) is 2. The van der Waals surface area contributed by atoms with Crippen molar-refractivity contribution >= 4 is 27.3 Å². The van der Waals surface area contributed by atoms with Crippen LogP contribution in [0.25, 0.3) is 0 Å². The second-order valence-electron chi connectivity index (χ2n) is 4.90. The molecule has 1 aliphatic rings. The minimum Gasteiger partial charge on any atom is -0.368 e. The summed E-state index contributed by atoms with van der Waals surface area (Å²) in [5, 5.41) is 0. The standard InChI is InChI=1S/C16H16BrFN2/c17-13-5-7-14(8-6-13)19-9-11-20(12-10-19)16-4-2-1-3-15(16)18/h1-8H,9-12H2. The normalized spacial score (nSPS) is 15.5. The summed E-state index contributed by atoms with van der Waals surface area (Å²) in [6.45, 7) is 3.51. The van der Waals surface area contributed by atoms with E-state index in [-0.39, 0.29) is 5.82 Å². The maximum atomic E-state index is 13.8. The minimum absolute atomic E-state index is 0.135. The zero-order valence-electron chi connectivity index (χ0n) is 11.1. The molecular formula is C16H16BrFN2. The van der Waals surface area contributed by atoms with Crippen molar-refractivity contribution in [3.63, 3.8) is 0 Å². The molecule has 0 spiro atoms. The fourth-order valence-electron chi connectivity index (χ4n) is 2.57. The van der Waals surface area contributed by atoms with Gasteiger partial charge in [-0.2, -0.15) is 0 Å². The zero-order chi connectivity index (χ0) is 13.9. The number of rotatable bonds is 2. The molecule has 2 aromatic rings. The molecule has 0 bridgehead atoms. The molecule has 0 amide bonds. The first kappa shape index (κ1) is 13.4. The molecule has 104 valence electrons. The van der Waals surface area contributed by atoms with Crippen molar-refractivity contribution in [3.05, 3.63) is 58.8 Å². The Bertz CT molecular complexity index is 577. The zero-order valence-corrected chi connectivity index (χ0v) is 12.7. The lowest BCUT2D eigenvalue weighted by Gasteiger charge is -2.37. The first-order valence-electron chi connectivity index (χ1n) is 6.74. The predicted octanol–water partition coefficient (Wildman–Crippen LogP) is 3.91. The van der Waals surface area contributed by atoms with Crippen LogP contribution >= 0.6 is 15.9 Å². The van der Waals surface area contributed by atoms with Gasteiger partial charge in [-0.05, 0) is 36.4 Å². The molecule has 2 nitrogen and oxygen atoms in total. The van der Waals surface area contributed by atoms with Crippen LogP contribution in [0.5, 0.6) is 0 Å². The van der Waals surface area contributed by atoms with Crippen LogP contribution in [0.15, 0.2) is 53.0 Å². The van der Waals surface area contributed by atoms with E-state index in [9.17, 15) is 4.39 Å². The molecular weight excluding hydrogens is 319 g/mol. The van der Waals surface area contributed by atoms with E-state index >= 15 is 0 Å². The van der Waals surface area contributed by atoms with Crippen LogP contribution in [0.1, 0.15) is 0 Å². The van der Waals surface area contributed by atoms with Crippen molar-refractivity contribution in [2.45, 2.75) is 0 Å². The van der Waals surface area contributed by atoms with Crippen LogP contribution in [0.3, 0.4) is 0 Å². The number of para-hydroxylation sites is 1. The topological polar surface area (TPSA) is 6.48 Å². The van der Waals surface area contributed by atoms with Gasteiger partial charge in [-0.15, -0.1) is 0 Å². The van der Waals surface area contributed by atoms with E-state index in [1.807, 2.05) is 12.1 Å². The van der Waals surface area contributed by atoms with Crippen LogP contribution in [0.2, 0.25) is 0 Å². The number of hydrogen-bond acceptors (Lipinski definition) is 2. The fraction of sp³-hybridized carbons (Fsp3) is 0.250. The van der Waals surface area contributed by atoms with Crippen molar-refractivity contribution in [2.24, 2.45) is 0 Å². The minimum atomic E-state index is -0.135. The molecule has 0 N–H and O–H groups in total. The number of anilines is 2. The lowest BCUT2D eigenvalue weighted by molar-refractivity contribution is 0.598. The third-order valence-corrected chi connectivity index (χ3v) is 4.19. The number of halogens is 2. The summed E-state index contributed by atoms with van der Waals surface area (Å²) in [7, 11) is 0. The molecule has 1 saturated heterocycles. The monoisotopic (exact) mass is 334 g/mol. The Balaban J connectivity index is 1.68. The third-order valence-electron chi connectivity index (χ3n) is 3.66. The molecule has 0 atom stereocenters. The maximum absolute atomic E-state index is 13.8. The predicted molar refractivity (Wildman–Crippen MR) is 85.0 cm³/mol. The Hall–Kier alpha value is -1.55. The molecule has 0 saturated carbocycles. The summed E-state index contributed by atoms with van der Waals surface area (Å²) in [6, 6.07) is 15.3. The highest BCUT2D eigenvalue weighted by molar-refractivity contribution is 9.10. The van der Waals surface area contributed by atoms with E-state index < -0.39 is 0 Å². The van der Waals surface area contributed by atoms with Gasteiger partial charge in [0.15, 0.2) is 0 Å². The van der Waals surface area contributed by atoms with Crippen LogP contribution in [0.4, 0.5) is 15.8 Å². The molecule has 0 radical (unpaired) electrons. The summed E-state index contributed by atoms with van der Waals surface area (Å²) in [5.74, 6) is -0.135. The van der Waals surface area contributed by atoms with Crippen molar-refractivity contribution in [1.82, 2.24) is 0 Å². The van der Waals surface area contributed by atoms with E-state index in [0.717, 1.165) is 30.7 Å². The lowest BCUT2D eigenvalue weighted by Crippen LogP contribution is -2.46. The molecule has 1 fully saturated rings. The number of piperazine rings is 1. The lowest BCUT2D eigenvalue weighted by atomic mass is 10.2. The highest BCUT2D eigenvalue weighted by atomic mass is 79.9. The quantitative estimate of drug-likeness (QED) is 0.821. The van der Waals surface area contributed by atoms with Crippen molar-refractivity contribution < 1.29 is 4.39 Å². The summed E-state index contributed by atoms with van der Waals surface area (Å²) in [5.41, 5.74) is 1.93. The first-order valence-corrected chi connectivity index (χ1v) is 7.53. The second-order valence-corrected chi connectivity index (χ2v) is 5.82. The molecule has 0 unspecified atom stereocenters. The van der Waals surface area contributed by atoms with Crippen LogP contribution in [-0.4, -0.2) is 26.2 Å². The number of hydrogen-bond donors (Lipinski definition) is 0. The molecule has 3 rings (SSSR count). The van der Waals surface area contributed by atoms with Crippen molar-refractivity contribution in [1.29, 1.82) is 0 Å². The SMILES string of the molecule is Fc1ccccc1N1CCN(c2ccc(Br)cc2)CC1. The van der Waals surface area contributed by atoms with E-state index in [4.69, 9.17) is 0 Å². The van der Waals surface area contributed by atoms with Gasteiger partial charge in [-0.25, -0.2) is 4.39 Å². The largest absolute Gasteiger partial charge is 0.368 e. The Morgan fingerprint density at radius 3 is 2.05 bits per heavy atom. The second kappa shape index (κ2) is 5.83. The first-order chi connectivity index (χ1) is 9.74. The van der Waals surface area contributed by atoms with Gasteiger partial charge in [0.2, 0.25) is 0 Å². The molecule has 0 aromatic heterocycles. The smallest absolute Gasteiger partial charge is 0.146 e. The van der Waals surface area contributed by atoms with E-state index in [1.54, 1.807) is 6.07 Å². The van der Waals surface area contributed by atoms with Crippen LogP contribution < -0.4 is 9.80 Å². The van der Waals surface area contributed by atoms with Gasteiger partial charge in [0, 0.05) is 36.3 Å². The highest BCUT2D eigenvalue weighted by Crippen LogP contribution is 2.23. The average Bonchev–Trinajstić information content (AvgIpc) is 2.49. The summed E-state index contributed by atoms with van der Waals surface area (Å²) in [6.07, 6.45) is 0. The van der Waals surface area contributed by atoms with Crippen LogP contribution in [-0.2, 0) is 0 Å². The van der Waals surface area contributed by atoms with Crippen LogP contribution in [0, 0.1) is 5.82 Å². The Labute approximate surface area is 126 Å². The Kier molecular flexibility index (Phi) is 3.92. The van der Waals surface area contributed by atoms with E-state index in [1.165, 1.54) is 11.8 Å². The third kappa shape index (κ3) is 2.80. The molecule has 20 heavy (non-hydrogen) atoms. The highest BCUT2D eigenvalue weighted by Gasteiger charge is 2.19. The molecule has 2 aromatic carbocycles. The Morgan fingerprint density at radius 2 is 1.40 bits per heavy atom. The van der Waals surface area contributed by atoms with Gasteiger partial charge in [0.1, 0.15) is 5.82 Å². The van der Waals surface area contributed by atoms with Gasteiger partial charge in [-0.3, -0.25) is 0 Å². The molecule has 1 heterocycles. The van der Waals surface area contributed by atoms with E-state index in [0.29, 0.717) is 5.69 Å². The van der Waals surface area contributed by atoms with Gasteiger partial charge in [0.25, 0.3) is 0 Å². The fourth-order valence-corrected chi connectivity index (χ4v) is 2.83. The van der Waals surface area contributed by atoms with Gasteiger partial charge in [-0.1, -0.05) is 28.1 Å². The average molecular weight is 335 g/mol. The van der Waals surface area contributed by atoms with Crippen molar-refractivity contribution in [3.8, 4) is 0 Å². The van der Waals surface area contributed by atoms with Gasteiger partial charge < -0.3 is 9.80 Å².